The summed E-state index contributed by atoms with van der Waals surface area (Å²) in [5.41, 5.74) is 7.97. The van der Waals surface area contributed by atoms with E-state index in [2.05, 4.69) is 25.1 Å². The van der Waals surface area contributed by atoms with Crippen molar-refractivity contribution < 1.29 is 4.74 Å². The average Bonchev–Trinajstić information content (AvgIpc) is 2.09. The number of benzene rings is 1. The van der Waals surface area contributed by atoms with Gasteiger partial charge in [-0.05, 0) is 50.9 Å². The Balaban J connectivity index is 2.90. The molecule has 0 bridgehead atoms. The van der Waals surface area contributed by atoms with Crippen LogP contribution in [0.3, 0.4) is 0 Å². The lowest BCUT2D eigenvalue weighted by Crippen LogP contribution is -2.10. The molecule has 0 radical (unpaired) electrons. The predicted octanol–water partition coefficient (Wildman–Crippen LogP) is 2.28. The van der Waals surface area contributed by atoms with E-state index in [-0.39, 0.29) is 6.10 Å². The maximum absolute atomic E-state index is 5.72. The second-order valence-corrected chi connectivity index (χ2v) is 3.82. The highest BCUT2D eigenvalue weighted by Gasteiger charge is 2.04. The summed E-state index contributed by atoms with van der Waals surface area (Å²) in [7, 11) is 0. The number of hydrogen-bond acceptors (Lipinski definition) is 2. The van der Waals surface area contributed by atoms with Crippen molar-refractivity contribution in [3.63, 3.8) is 0 Å². The van der Waals surface area contributed by atoms with E-state index in [1.807, 2.05) is 13.8 Å². The summed E-state index contributed by atoms with van der Waals surface area (Å²) >= 11 is 0. The van der Waals surface area contributed by atoms with Gasteiger partial charge in [0.05, 0.1) is 6.10 Å². The molecule has 14 heavy (non-hydrogen) atoms. The first-order valence-electron chi connectivity index (χ1n) is 5.09. The van der Waals surface area contributed by atoms with Crippen LogP contribution in [0.15, 0.2) is 18.2 Å². The first kappa shape index (κ1) is 11.1. The van der Waals surface area contributed by atoms with E-state index in [0.717, 1.165) is 12.2 Å². The molecule has 0 aromatic heterocycles. The smallest absolute Gasteiger partial charge is 0.123 e. The van der Waals surface area contributed by atoms with E-state index in [4.69, 9.17) is 10.5 Å². The van der Waals surface area contributed by atoms with E-state index in [1.54, 1.807) is 0 Å². The molecular weight excluding hydrogens is 174 g/mol. The lowest BCUT2D eigenvalue weighted by Gasteiger charge is -2.14. The Morgan fingerprint density at radius 1 is 1.36 bits per heavy atom. The van der Waals surface area contributed by atoms with Gasteiger partial charge in [-0.15, -0.1) is 0 Å². The molecule has 1 rings (SSSR count). The van der Waals surface area contributed by atoms with Crippen molar-refractivity contribution in [1.29, 1.82) is 0 Å². The topological polar surface area (TPSA) is 35.2 Å². The van der Waals surface area contributed by atoms with Crippen molar-refractivity contribution in [2.24, 2.45) is 5.73 Å². The molecule has 2 N–H and O–H groups in total. The van der Waals surface area contributed by atoms with Crippen LogP contribution in [0, 0.1) is 6.92 Å². The molecule has 0 aliphatic heterocycles. The Morgan fingerprint density at radius 2 is 2.07 bits per heavy atom. The maximum atomic E-state index is 5.72. The minimum atomic E-state index is 0.216. The Labute approximate surface area is 86.1 Å². The summed E-state index contributed by atoms with van der Waals surface area (Å²) in [4.78, 5) is 0. The molecule has 0 saturated carbocycles. The molecule has 0 aliphatic carbocycles. The second kappa shape index (κ2) is 5.01. The largest absolute Gasteiger partial charge is 0.491 e. The molecule has 0 heterocycles. The SMILES string of the molecule is Cc1ccc(CCN)c(OC(C)C)c1. The lowest BCUT2D eigenvalue weighted by atomic mass is 10.1. The molecular formula is C12H19NO. The fourth-order valence-electron chi connectivity index (χ4n) is 1.39. The highest BCUT2D eigenvalue weighted by molar-refractivity contribution is 5.37. The summed E-state index contributed by atoms with van der Waals surface area (Å²) in [5.74, 6) is 0.977. The van der Waals surface area contributed by atoms with Gasteiger partial charge in [0.2, 0.25) is 0 Å². The Morgan fingerprint density at radius 3 is 2.64 bits per heavy atom. The van der Waals surface area contributed by atoms with E-state index in [1.165, 1.54) is 11.1 Å². The third kappa shape index (κ3) is 3.04. The zero-order chi connectivity index (χ0) is 10.6. The van der Waals surface area contributed by atoms with Crippen LogP contribution in [0.1, 0.15) is 25.0 Å². The predicted molar refractivity (Wildman–Crippen MR) is 59.7 cm³/mol. The number of ether oxygens (including phenoxy) is 1. The van der Waals surface area contributed by atoms with Crippen LogP contribution in [-0.2, 0) is 6.42 Å². The molecule has 2 nitrogen and oxygen atoms in total. The van der Waals surface area contributed by atoms with Crippen molar-refractivity contribution in [2.45, 2.75) is 33.3 Å². The van der Waals surface area contributed by atoms with Gasteiger partial charge in [0.1, 0.15) is 5.75 Å². The van der Waals surface area contributed by atoms with Gasteiger partial charge < -0.3 is 10.5 Å². The normalized spacial score (nSPS) is 10.6. The summed E-state index contributed by atoms with van der Waals surface area (Å²) in [6.07, 6.45) is 1.09. The number of nitrogens with two attached hydrogens (primary N) is 1. The number of aryl methyl sites for hydroxylation is 1. The summed E-state index contributed by atoms with van der Waals surface area (Å²) < 4.78 is 5.72. The van der Waals surface area contributed by atoms with Crippen molar-refractivity contribution in [2.75, 3.05) is 6.54 Å². The fourth-order valence-corrected chi connectivity index (χ4v) is 1.39. The first-order valence-corrected chi connectivity index (χ1v) is 5.09. The molecule has 0 aliphatic rings. The molecule has 1 aromatic rings. The van der Waals surface area contributed by atoms with Crippen molar-refractivity contribution in [3.8, 4) is 5.75 Å². The fraction of sp³-hybridized carbons (Fsp3) is 0.500. The summed E-state index contributed by atoms with van der Waals surface area (Å²) in [5, 5.41) is 0. The van der Waals surface area contributed by atoms with Gasteiger partial charge in [-0.1, -0.05) is 12.1 Å². The van der Waals surface area contributed by atoms with E-state index >= 15 is 0 Å². The molecule has 0 unspecified atom stereocenters. The average molecular weight is 193 g/mol. The standard InChI is InChI=1S/C12H19NO/c1-9(2)14-12-8-10(3)4-5-11(12)6-7-13/h4-5,8-9H,6-7,13H2,1-3H3. The minimum absolute atomic E-state index is 0.216. The number of hydrogen-bond donors (Lipinski definition) is 1. The third-order valence-corrected chi connectivity index (χ3v) is 2.00. The van der Waals surface area contributed by atoms with Crippen molar-refractivity contribution >= 4 is 0 Å². The quantitative estimate of drug-likeness (QED) is 0.796. The summed E-state index contributed by atoms with van der Waals surface area (Å²) in [6, 6.07) is 6.27. The second-order valence-electron chi connectivity index (χ2n) is 3.82. The molecule has 0 saturated heterocycles. The van der Waals surface area contributed by atoms with Gasteiger partial charge in [-0.2, -0.15) is 0 Å². The Bertz CT molecular complexity index is 294. The molecule has 78 valence electrons. The molecule has 0 atom stereocenters. The van der Waals surface area contributed by atoms with Gasteiger partial charge in [0.25, 0.3) is 0 Å². The summed E-state index contributed by atoms with van der Waals surface area (Å²) in [6.45, 7) is 6.81. The Kier molecular flexibility index (Phi) is 3.96. The first-order chi connectivity index (χ1) is 6.63. The maximum Gasteiger partial charge on any atom is 0.123 e. The van der Waals surface area contributed by atoms with Gasteiger partial charge in [-0.3, -0.25) is 0 Å². The molecule has 2 heteroatoms. The van der Waals surface area contributed by atoms with Crippen LogP contribution < -0.4 is 10.5 Å². The Hall–Kier alpha value is -1.02. The van der Waals surface area contributed by atoms with Crippen molar-refractivity contribution in [3.05, 3.63) is 29.3 Å². The van der Waals surface area contributed by atoms with Crippen LogP contribution in [0.2, 0.25) is 0 Å². The molecule has 0 spiro atoms. The zero-order valence-corrected chi connectivity index (χ0v) is 9.21. The van der Waals surface area contributed by atoms with E-state index in [0.29, 0.717) is 6.54 Å². The molecule has 0 fully saturated rings. The van der Waals surface area contributed by atoms with Crippen molar-refractivity contribution in [1.82, 2.24) is 0 Å². The molecule has 0 amide bonds. The van der Waals surface area contributed by atoms with Crippen LogP contribution in [0.25, 0.3) is 0 Å². The zero-order valence-electron chi connectivity index (χ0n) is 9.21. The van der Waals surface area contributed by atoms with E-state index < -0.39 is 0 Å². The number of rotatable bonds is 4. The molecule has 1 aromatic carbocycles. The van der Waals surface area contributed by atoms with Crippen LogP contribution in [0.5, 0.6) is 5.75 Å². The highest BCUT2D eigenvalue weighted by atomic mass is 16.5. The van der Waals surface area contributed by atoms with Crippen LogP contribution in [0.4, 0.5) is 0 Å². The van der Waals surface area contributed by atoms with Crippen LogP contribution >= 0.6 is 0 Å². The lowest BCUT2D eigenvalue weighted by molar-refractivity contribution is 0.240. The monoisotopic (exact) mass is 193 g/mol. The van der Waals surface area contributed by atoms with Gasteiger partial charge >= 0.3 is 0 Å². The van der Waals surface area contributed by atoms with Gasteiger partial charge in [0.15, 0.2) is 0 Å². The minimum Gasteiger partial charge on any atom is -0.491 e. The van der Waals surface area contributed by atoms with Gasteiger partial charge in [-0.25, -0.2) is 0 Å². The third-order valence-electron chi connectivity index (χ3n) is 2.00. The van der Waals surface area contributed by atoms with Crippen LogP contribution in [-0.4, -0.2) is 12.6 Å². The van der Waals surface area contributed by atoms with Gasteiger partial charge in [0, 0.05) is 0 Å². The highest BCUT2D eigenvalue weighted by Crippen LogP contribution is 2.21. The van der Waals surface area contributed by atoms with E-state index in [9.17, 15) is 0 Å².